The summed E-state index contributed by atoms with van der Waals surface area (Å²) in [6.07, 6.45) is 0. The van der Waals surface area contributed by atoms with Gasteiger partial charge in [0.1, 0.15) is 0 Å². The number of thiophene rings is 1. The average Bonchev–Trinajstić information content (AvgIpc) is 3.22. The highest BCUT2D eigenvalue weighted by atomic mass is 32.1. The second kappa shape index (κ2) is 6.97. The van der Waals surface area contributed by atoms with Crippen molar-refractivity contribution in [2.45, 2.75) is 27.3 Å². The van der Waals surface area contributed by atoms with Gasteiger partial charge in [-0.25, -0.2) is 0 Å². The molecule has 0 unspecified atom stereocenters. The monoisotopic (exact) mass is 340 g/mol. The van der Waals surface area contributed by atoms with Gasteiger partial charge in [0, 0.05) is 16.4 Å². The molecule has 5 nitrogen and oxygen atoms in total. The van der Waals surface area contributed by atoms with Gasteiger partial charge in [-0.3, -0.25) is 4.79 Å². The number of nitrogens with one attached hydrogen (secondary N) is 1. The zero-order valence-corrected chi connectivity index (χ0v) is 14.8. The molecule has 0 spiro atoms. The summed E-state index contributed by atoms with van der Waals surface area (Å²) in [5, 5.41) is 9.69. The van der Waals surface area contributed by atoms with Gasteiger partial charge in [-0.1, -0.05) is 49.7 Å². The van der Waals surface area contributed by atoms with Gasteiger partial charge in [0.15, 0.2) is 5.82 Å². The van der Waals surface area contributed by atoms with E-state index in [2.05, 4.69) is 15.4 Å². The van der Waals surface area contributed by atoms with Crippen molar-refractivity contribution in [3.05, 3.63) is 52.2 Å². The highest BCUT2D eigenvalue weighted by Crippen LogP contribution is 2.20. The molecule has 0 bridgehead atoms. The fourth-order valence-electron chi connectivity index (χ4n) is 2.23. The molecule has 3 aromatic rings. The van der Waals surface area contributed by atoms with Crippen molar-refractivity contribution in [3.8, 4) is 11.4 Å². The number of aromatic nitrogens is 3. The van der Waals surface area contributed by atoms with Crippen molar-refractivity contribution in [1.82, 2.24) is 14.8 Å². The molecule has 24 heavy (non-hydrogen) atoms. The largest absolute Gasteiger partial charge is 0.349 e. The SMILES string of the molecule is Cc1ccc(-c2nc(NCc3cccs3)n(C(=O)C(C)C)n2)cc1. The Morgan fingerprint density at radius 1 is 1.25 bits per heavy atom. The van der Waals surface area contributed by atoms with Crippen molar-refractivity contribution >= 4 is 23.2 Å². The summed E-state index contributed by atoms with van der Waals surface area (Å²) in [6, 6.07) is 12.0. The third kappa shape index (κ3) is 3.54. The van der Waals surface area contributed by atoms with Crippen LogP contribution < -0.4 is 5.32 Å². The summed E-state index contributed by atoms with van der Waals surface area (Å²) >= 11 is 1.66. The molecule has 124 valence electrons. The van der Waals surface area contributed by atoms with Crippen LogP contribution in [0.2, 0.25) is 0 Å². The Morgan fingerprint density at radius 3 is 2.62 bits per heavy atom. The summed E-state index contributed by atoms with van der Waals surface area (Å²) in [5.74, 6) is 0.810. The number of hydrogen-bond acceptors (Lipinski definition) is 5. The summed E-state index contributed by atoms with van der Waals surface area (Å²) in [7, 11) is 0. The van der Waals surface area contributed by atoms with Crippen LogP contribution in [0.5, 0.6) is 0 Å². The maximum absolute atomic E-state index is 12.4. The lowest BCUT2D eigenvalue weighted by Gasteiger charge is -2.07. The summed E-state index contributed by atoms with van der Waals surface area (Å²) < 4.78 is 1.38. The third-order valence-electron chi connectivity index (χ3n) is 3.62. The van der Waals surface area contributed by atoms with Crippen LogP contribution in [-0.2, 0) is 6.54 Å². The van der Waals surface area contributed by atoms with E-state index in [1.807, 2.05) is 62.5 Å². The Kier molecular flexibility index (Phi) is 4.76. The minimum absolute atomic E-state index is 0.0745. The van der Waals surface area contributed by atoms with Crippen LogP contribution in [0.4, 0.5) is 5.95 Å². The standard InChI is InChI=1S/C18H20N4OS/c1-12(2)17(23)22-18(19-11-15-5-4-10-24-15)20-16(21-22)14-8-6-13(3)7-9-14/h4-10,12H,11H2,1-3H3,(H,19,20,21). The number of rotatable bonds is 5. The third-order valence-corrected chi connectivity index (χ3v) is 4.50. The lowest BCUT2D eigenvalue weighted by atomic mass is 10.1. The minimum atomic E-state index is -0.153. The van der Waals surface area contributed by atoms with E-state index in [4.69, 9.17) is 0 Å². The van der Waals surface area contributed by atoms with Gasteiger partial charge in [-0.15, -0.1) is 16.4 Å². The highest BCUT2D eigenvalue weighted by Gasteiger charge is 2.19. The van der Waals surface area contributed by atoms with Crippen molar-refractivity contribution < 1.29 is 4.79 Å². The first-order valence-electron chi connectivity index (χ1n) is 7.89. The van der Waals surface area contributed by atoms with E-state index in [0.717, 1.165) is 5.56 Å². The Bertz CT molecular complexity index is 819. The molecule has 0 aliphatic rings. The number of hydrogen-bond donors (Lipinski definition) is 1. The Hall–Kier alpha value is -2.47. The quantitative estimate of drug-likeness (QED) is 0.755. The molecule has 2 heterocycles. The van der Waals surface area contributed by atoms with Crippen molar-refractivity contribution in [2.24, 2.45) is 5.92 Å². The molecule has 0 saturated heterocycles. The van der Waals surface area contributed by atoms with Crippen LogP contribution in [0.1, 0.15) is 29.1 Å². The molecule has 1 aromatic carbocycles. The molecule has 2 aromatic heterocycles. The normalized spacial score (nSPS) is 11.0. The zero-order valence-electron chi connectivity index (χ0n) is 14.0. The average molecular weight is 340 g/mol. The van der Waals surface area contributed by atoms with Gasteiger partial charge in [0.05, 0.1) is 6.54 Å². The van der Waals surface area contributed by atoms with E-state index in [9.17, 15) is 4.79 Å². The van der Waals surface area contributed by atoms with Crippen LogP contribution in [0.3, 0.4) is 0 Å². The Balaban J connectivity index is 1.92. The molecule has 3 rings (SSSR count). The van der Waals surface area contributed by atoms with E-state index in [0.29, 0.717) is 18.3 Å². The summed E-state index contributed by atoms with van der Waals surface area (Å²) in [5.41, 5.74) is 2.07. The molecule has 0 radical (unpaired) electrons. The van der Waals surface area contributed by atoms with Crippen LogP contribution in [0.15, 0.2) is 41.8 Å². The first-order valence-corrected chi connectivity index (χ1v) is 8.77. The topological polar surface area (TPSA) is 59.8 Å². The van der Waals surface area contributed by atoms with Gasteiger partial charge < -0.3 is 5.32 Å². The van der Waals surface area contributed by atoms with Gasteiger partial charge >= 0.3 is 0 Å². The molecule has 0 saturated carbocycles. The first-order chi connectivity index (χ1) is 11.5. The van der Waals surface area contributed by atoms with Crippen molar-refractivity contribution in [1.29, 1.82) is 0 Å². The van der Waals surface area contributed by atoms with E-state index < -0.39 is 0 Å². The Labute approximate surface area is 145 Å². The van der Waals surface area contributed by atoms with Crippen LogP contribution in [-0.4, -0.2) is 20.7 Å². The molecule has 6 heteroatoms. The van der Waals surface area contributed by atoms with E-state index in [-0.39, 0.29) is 11.8 Å². The molecule has 0 fully saturated rings. The van der Waals surface area contributed by atoms with Gasteiger partial charge in [0.2, 0.25) is 5.95 Å². The van der Waals surface area contributed by atoms with Crippen molar-refractivity contribution in [2.75, 3.05) is 5.32 Å². The number of carbonyl (C=O) groups is 1. The molecule has 0 amide bonds. The van der Waals surface area contributed by atoms with Crippen molar-refractivity contribution in [3.63, 3.8) is 0 Å². The Morgan fingerprint density at radius 2 is 2.00 bits per heavy atom. The summed E-state index contributed by atoms with van der Waals surface area (Å²) in [6.45, 7) is 6.37. The number of nitrogens with zero attached hydrogens (tertiary/aromatic N) is 3. The van der Waals surface area contributed by atoms with Gasteiger partial charge in [0.25, 0.3) is 5.91 Å². The van der Waals surface area contributed by atoms with Crippen LogP contribution in [0.25, 0.3) is 11.4 Å². The maximum atomic E-state index is 12.4. The lowest BCUT2D eigenvalue weighted by molar-refractivity contribution is 0.0841. The maximum Gasteiger partial charge on any atom is 0.252 e. The van der Waals surface area contributed by atoms with Crippen LogP contribution in [0, 0.1) is 12.8 Å². The molecule has 1 N–H and O–H groups in total. The molecule has 0 aliphatic heterocycles. The number of carbonyl (C=O) groups excluding carboxylic acids is 1. The van der Waals surface area contributed by atoms with Gasteiger partial charge in [-0.2, -0.15) is 9.67 Å². The van der Waals surface area contributed by atoms with Crippen LogP contribution >= 0.6 is 11.3 Å². The number of benzene rings is 1. The second-order valence-corrected chi connectivity index (χ2v) is 6.99. The predicted octanol–water partition coefficient (Wildman–Crippen LogP) is 4.22. The van der Waals surface area contributed by atoms with E-state index >= 15 is 0 Å². The predicted molar refractivity (Wildman–Crippen MR) is 97.3 cm³/mol. The first kappa shape index (κ1) is 16.4. The fraction of sp³-hybridized carbons (Fsp3) is 0.278. The fourth-order valence-corrected chi connectivity index (χ4v) is 2.87. The lowest BCUT2D eigenvalue weighted by Crippen LogP contribution is -2.21. The van der Waals surface area contributed by atoms with Gasteiger partial charge in [-0.05, 0) is 18.4 Å². The minimum Gasteiger partial charge on any atom is -0.349 e. The second-order valence-electron chi connectivity index (χ2n) is 5.96. The number of anilines is 1. The smallest absolute Gasteiger partial charge is 0.252 e. The van der Waals surface area contributed by atoms with E-state index in [1.165, 1.54) is 15.1 Å². The summed E-state index contributed by atoms with van der Waals surface area (Å²) in [4.78, 5) is 18.2. The molecular formula is C18H20N4OS. The zero-order chi connectivity index (χ0) is 17.1. The number of aryl methyl sites for hydroxylation is 1. The highest BCUT2D eigenvalue weighted by molar-refractivity contribution is 7.09. The molecular weight excluding hydrogens is 320 g/mol. The molecule has 0 aliphatic carbocycles. The molecule has 0 atom stereocenters. The van der Waals surface area contributed by atoms with E-state index in [1.54, 1.807) is 11.3 Å².